The summed E-state index contributed by atoms with van der Waals surface area (Å²) < 4.78 is 2.07. The summed E-state index contributed by atoms with van der Waals surface area (Å²) in [5.41, 5.74) is 1.37. The standard InChI is InChI=1S/C10H15N2.2H2O/c1-11-8-4-10(5-9-11)12-6-2-3-7-12;;/h4-5,8-9H,2-3,6-7H2,1H3;2*1H2/q+1;;/p-1. The lowest BCUT2D eigenvalue weighted by molar-refractivity contribution is -0.671. The fourth-order valence-corrected chi connectivity index (χ4v) is 1.68. The van der Waals surface area contributed by atoms with Gasteiger partial charge in [-0.05, 0) is 12.8 Å². The third-order valence-electron chi connectivity index (χ3n) is 2.43. The van der Waals surface area contributed by atoms with E-state index in [2.05, 4.69) is 34.0 Å². The lowest BCUT2D eigenvalue weighted by atomic mass is 10.3. The quantitative estimate of drug-likeness (QED) is 0.601. The number of aryl methyl sites for hydroxylation is 1. The third-order valence-corrected chi connectivity index (χ3v) is 2.43. The van der Waals surface area contributed by atoms with Gasteiger partial charge in [0.05, 0.1) is 0 Å². The Morgan fingerprint density at radius 1 is 1.14 bits per heavy atom. The predicted octanol–water partition coefficient (Wildman–Crippen LogP) is 0.110. The van der Waals surface area contributed by atoms with E-state index in [1.54, 1.807) is 0 Å². The van der Waals surface area contributed by atoms with Crippen molar-refractivity contribution >= 4 is 5.69 Å². The van der Waals surface area contributed by atoms with Crippen LogP contribution >= 0.6 is 0 Å². The molecule has 1 fully saturated rings. The van der Waals surface area contributed by atoms with Gasteiger partial charge in [0.1, 0.15) is 7.05 Å². The molecule has 0 aliphatic carbocycles. The second-order valence-corrected chi connectivity index (χ2v) is 3.42. The van der Waals surface area contributed by atoms with E-state index < -0.39 is 0 Å². The van der Waals surface area contributed by atoms with Crippen molar-refractivity contribution in [1.29, 1.82) is 0 Å². The first-order chi connectivity index (χ1) is 5.86. The zero-order valence-electron chi connectivity index (χ0n) is 8.48. The molecule has 1 saturated heterocycles. The van der Waals surface area contributed by atoms with E-state index in [0.29, 0.717) is 0 Å². The molecule has 0 bridgehead atoms. The number of rotatable bonds is 1. The Morgan fingerprint density at radius 2 is 1.64 bits per heavy atom. The maximum absolute atomic E-state index is 2.44. The molecule has 2 rings (SSSR count). The van der Waals surface area contributed by atoms with Crippen LogP contribution in [0.25, 0.3) is 0 Å². The summed E-state index contributed by atoms with van der Waals surface area (Å²) in [7, 11) is 2.05. The van der Waals surface area contributed by atoms with Crippen molar-refractivity contribution in [2.75, 3.05) is 18.0 Å². The first-order valence-corrected chi connectivity index (χ1v) is 4.56. The normalized spacial score (nSPS) is 14.5. The molecular weight excluding hydrogens is 180 g/mol. The van der Waals surface area contributed by atoms with Crippen LogP contribution in [0.5, 0.6) is 0 Å². The highest BCUT2D eigenvalue weighted by Crippen LogP contribution is 2.17. The van der Waals surface area contributed by atoms with E-state index in [4.69, 9.17) is 0 Å². The van der Waals surface area contributed by atoms with Crippen LogP contribution in [-0.2, 0) is 7.05 Å². The van der Waals surface area contributed by atoms with Crippen LogP contribution in [0.2, 0.25) is 0 Å². The fourth-order valence-electron chi connectivity index (χ4n) is 1.68. The largest absolute Gasteiger partial charge is 0.870 e. The summed E-state index contributed by atoms with van der Waals surface area (Å²) >= 11 is 0. The third kappa shape index (κ3) is 2.68. The molecule has 0 saturated carbocycles. The minimum atomic E-state index is 0. The highest BCUT2D eigenvalue weighted by Gasteiger charge is 2.12. The lowest BCUT2D eigenvalue weighted by Crippen LogP contribution is -2.27. The number of anilines is 1. The van der Waals surface area contributed by atoms with Crippen LogP contribution in [-0.4, -0.2) is 24.0 Å². The molecule has 1 aromatic rings. The molecule has 4 nitrogen and oxygen atoms in total. The van der Waals surface area contributed by atoms with Gasteiger partial charge in [0, 0.05) is 30.9 Å². The predicted molar refractivity (Wildman–Crippen MR) is 54.6 cm³/mol. The molecule has 1 aliphatic heterocycles. The van der Waals surface area contributed by atoms with Gasteiger partial charge in [0.25, 0.3) is 0 Å². The second kappa shape index (κ2) is 5.57. The van der Waals surface area contributed by atoms with Crippen molar-refractivity contribution < 1.29 is 15.5 Å². The highest BCUT2D eigenvalue weighted by molar-refractivity contribution is 5.44. The molecule has 0 amide bonds. The van der Waals surface area contributed by atoms with E-state index in [0.717, 1.165) is 0 Å². The minimum Gasteiger partial charge on any atom is -0.870 e. The van der Waals surface area contributed by atoms with Gasteiger partial charge in [-0.1, -0.05) is 0 Å². The average Bonchev–Trinajstić information content (AvgIpc) is 2.58. The number of hydrogen-bond donors (Lipinski definition) is 0. The van der Waals surface area contributed by atoms with Gasteiger partial charge in [0.2, 0.25) is 0 Å². The summed E-state index contributed by atoms with van der Waals surface area (Å²) in [4.78, 5) is 2.44. The molecule has 80 valence electrons. The smallest absolute Gasteiger partial charge is 0.170 e. The van der Waals surface area contributed by atoms with Gasteiger partial charge in [-0.3, -0.25) is 0 Å². The maximum Gasteiger partial charge on any atom is 0.170 e. The van der Waals surface area contributed by atoms with Crippen LogP contribution in [0, 0.1) is 0 Å². The first kappa shape index (κ1) is 12.9. The molecule has 0 atom stereocenters. The molecular formula is C10H18N2O2. The molecule has 0 radical (unpaired) electrons. The molecule has 0 aromatic carbocycles. The Kier molecular flexibility index (Phi) is 5.12. The van der Waals surface area contributed by atoms with E-state index in [9.17, 15) is 0 Å². The van der Waals surface area contributed by atoms with Gasteiger partial charge in [0.15, 0.2) is 12.4 Å². The Hall–Kier alpha value is -1.13. The van der Waals surface area contributed by atoms with Gasteiger partial charge in [-0.15, -0.1) is 0 Å². The van der Waals surface area contributed by atoms with E-state index in [1.165, 1.54) is 31.6 Å². The van der Waals surface area contributed by atoms with Gasteiger partial charge < -0.3 is 15.9 Å². The number of hydrogen-bond acceptors (Lipinski definition) is 2. The zero-order chi connectivity index (χ0) is 8.39. The van der Waals surface area contributed by atoms with Crippen LogP contribution in [0.1, 0.15) is 12.8 Å². The molecule has 14 heavy (non-hydrogen) atoms. The summed E-state index contributed by atoms with van der Waals surface area (Å²) in [5.74, 6) is 0. The number of pyridine rings is 1. The van der Waals surface area contributed by atoms with Crippen molar-refractivity contribution in [3.63, 3.8) is 0 Å². The highest BCUT2D eigenvalue weighted by atomic mass is 16.0. The van der Waals surface area contributed by atoms with Crippen molar-refractivity contribution in [2.24, 2.45) is 7.05 Å². The van der Waals surface area contributed by atoms with Crippen LogP contribution in [0.3, 0.4) is 0 Å². The van der Waals surface area contributed by atoms with E-state index >= 15 is 0 Å². The molecule has 0 spiro atoms. The fraction of sp³-hybridized carbons (Fsp3) is 0.500. The summed E-state index contributed by atoms with van der Waals surface area (Å²) in [6, 6.07) is 4.37. The topological polar surface area (TPSA) is 68.6 Å². The molecule has 1 aromatic heterocycles. The van der Waals surface area contributed by atoms with Gasteiger partial charge >= 0.3 is 0 Å². The molecule has 1 aliphatic rings. The molecule has 2 heterocycles. The monoisotopic (exact) mass is 198 g/mol. The lowest BCUT2D eigenvalue weighted by Gasteiger charge is -2.15. The molecule has 4 heteroatoms. The molecule has 3 N–H and O–H groups in total. The second-order valence-electron chi connectivity index (χ2n) is 3.42. The zero-order valence-corrected chi connectivity index (χ0v) is 8.48. The van der Waals surface area contributed by atoms with E-state index in [1.807, 2.05) is 7.05 Å². The number of aromatic nitrogens is 1. The van der Waals surface area contributed by atoms with E-state index in [-0.39, 0.29) is 11.0 Å². The Bertz CT molecular complexity index is 255. The average molecular weight is 198 g/mol. The minimum absolute atomic E-state index is 0. The Balaban J connectivity index is 0.000000845. The first-order valence-electron chi connectivity index (χ1n) is 4.56. The SMILES string of the molecule is C[n+]1ccc(N2CCCC2)cc1.O.[OH-]. The van der Waals surface area contributed by atoms with Crippen molar-refractivity contribution in [2.45, 2.75) is 12.8 Å². The molecule has 0 unspecified atom stereocenters. The maximum atomic E-state index is 2.44. The summed E-state index contributed by atoms with van der Waals surface area (Å²) in [5, 5.41) is 0. The van der Waals surface area contributed by atoms with Crippen LogP contribution < -0.4 is 9.47 Å². The van der Waals surface area contributed by atoms with Crippen molar-refractivity contribution in [3.05, 3.63) is 24.5 Å². The van der Waals surface area contributed by atoms with Crippen LogP contribution in [0.4, 0.5) is 5.69 Å². The Morgan fingerprint density at radius 3 is 2.14 bits per heavy atom. The van der Waals surface area contributed by atoms with Gasteiger partial charge in [-0.25, -0.2) is 4.57 Å². The summed E-state index contributed by atoms with van der Waals surface area (Å²) in [6.45, 7) is 2.46. The van der Waals surface area contributed by atoms with Crippen LogP contribution in [0.15, 0.2) is 24.5 Å². The Labute approximate surface area is 84.4 Å². The summed E-state index contributed by atoms with van der Waals surface area (Å²) in [6.07, 6.45) is 6.91. The van der Waals surface area contributed by atoms with Gasteiger partial charge in [-0.2, -0.15) is 0 Å². The van der Waals surface area contributed by atoms with Crippen molar-refractivity contribution in [1.82, 2.24) is 0 Å². The number of nitrogens with zero attached hydrogens (tertiary/aromatic N) is 2. The van der Waals surface area contributed by atoms with Crippen molar-refractivity contribution in [3.8, 4) is 0 Å².